The Labute approximate surface area is 229 Å². The van der Waals surface area contributed by atoms with E-state index in [0.717, 1.165) is 6.54 Å². The number of alkyl halides is 4. The highest BCUT2D eigenvalue weighted by Gasteiger charge is 2.32. The monoisotopic (exact) mass is 582 g/mol. The van der Waals surface area contributed by atoms with Gasteiger partial charge in [-0.1, -0.05) is 24.0 Å². The molecule has 210 valence electrons. The first-order valence-electron chi connectivity index (χ1n) is 12.4. The van der Waals surface area contributed by atoms with Crippen LogP contribution in [0, 0.1) is 11.8 Å². The van der Waals surface area contributed by atoms with Crippen molar-refractivity contribution in [3.05, 3.63) is 40.9 Å². The fourth-order valence-electron chi connectivity index (χ4n) is 4.47. The Morgan fingerprint density at radius 2 is 2.05 bits per heavy atom. The molecule has 1 aliphatic rings. The average molecular weight is 583 g/mol. The van der Waals surface area contributed by atoms with Gasteiger partial charge in [0.25, 0.3) is 0 Å². The number of aromatic nitrogens is 1. The van der Waals surface area contributed by atoms with Crippen LogP contribution in [-0.4, -0.2) is 75.4 Å². The molecule has 1 fully saturated rings. The van der Waals surface area contributed by atoms with E-state index in [1.807, 2.05) is 11.9 Å². The van der Waals surface area contributed by atoms with Gasteiger partial charge in [-0.2, -0.15) is 13.2 Å². The van der Waals surface area contributed by atoms with E-state index in [1.165, 1.54) is 24.6 Å². The zero-order valence-electron chi connectivity index (χ0n) is 22.2. The number of hydrogen-bond acceptors (Lipinski definition) is 7. The van der Waals surface area contributed by atoms with Gasteiger partial charge < -0.3 is 24.8 Å². The molecule has 0 radical (unpaired) electrons. The van der Waals surface area contributed by atoms with E-state index in [2.05, 4.69) is 27.5 Å². The van der Waals surface area contributed by atoms with Crippen molar-refractivity contribution in [3.63, 3.8) is 0 Å². The van der Waals surface area contributed by atoms with Crippen molar-refractivity contribution in [2.75, 3.05) is 57.8 Å². The van der Waals surface area contributed by atoms with Crippen LogP contribution in [0.5, 0.6) is 5.75 Å². The molecule has 2 N–H and O–H groups in total. The molecule has 12 heteroatoms. The van der Waals surface area contributed by atoms with Crippen molar-refractivity contribution in [2.45, 2.75) is 31.2 Å². The number of thiophene rings is 1. The summed E-state index contributed by atoms with van der Waals surface area (Å²) in [5.74, 6) is 6.26. The van der Waals surface area contributed by atoms with Crippen molar-refractivity contribution in [3.8, 4) is 17.6 Å². The Kier molecular flexibility index (Phi) is 8.79. The van der Waals surface area contributed by atoms with Gasteiger partial charge in [-0.25, -0.2) is 4.39 Å². The molecule has 1 aliphatic heterocycles. The number of fused-ring (bicyclic) bond motifs is 1. The molecule has 2 aromatic heterocycles. The third-order valence-electron chi connectivity index (χ3n) is 6.47. The van der Waals surface area contributed by atoms with E-state index in [-0.39, 0.29) is 12.1 Å². The molecule has 0 bridgehead atoms. The van der Waals surface area contributed by atoms with Gasteiger partial charge >= 0.3 is 6.18 Å². The van der Waals surface area contributed by atoms with Crippen LogP contribution in [0.1, 0.15) is 16.9 Å². The molecule has 3 heterocycles. The van der Waals surface area contributed by atoms with E-state index in [1.54, 1.807) is 37.6 Å². The van der Waals surface area contributed by atoms with Crippen LogP contribution < -0.4 is 20.8 Å². The third-order valence-corrected chi connectivity index (χ3v) is 9.02. The Balaban J connectivity index is 1.60. The standard InChI is InChI=1S/C27H31F4N4O2PS/c1-35-12-10-20(19(28)16-35)34-21-8-5-7-17-18(14-27(29,30)31)24(39-26(17)21)9-6-11-32-22-15-33-25(38(3,4)36)13-23(22)37-2/h5,7-8,13,15,19-20,32,34H,10-12,14,16H2,1-4H3/t19-,20+/m0/s1. The van der Waals surface area contributed by atoms with Gasteiger partial charge in [-0.15, -0.1) is 11.3 Å². The highest BCUT2D eigenvalue weighted by molar-refractivity contribution is 7.69. The number of rotatable bonds is 7. The number of anilines is 2. The SMILES string of the molecule is COc1cc(P(C)(C)=O)ncc1NCC#Cc1sc2c(N[C@@H]3CCN(C)C[C@@H]3F)cccc2c1CC(F)(F)F. The van der Waals surface area contributed by atoms with E-state index in [0.29, 0.717) is 50.5 Å². The van der Waals surface area contributed by atoms with Gasteiger partial charge in [-0.05, 0) is 43.8 Å². The summed E-state index contributed by atoms with van der Waals surface area (Å²) in [5, 5.41) is 6.77. The number of benzene rings is 1. The Morgan fingerprint density at radius 3 is 2.72 bits per heavy atom. The van der Waals surface area contributed by atoms with Crippen LogP contribution in [0.25, 0.3) is 10.1 Å². The van der Waals surface area contributed by atoms with Crippen LogP contribution in [0.2, 0.25) is 0 Å². The number of halogens is 4. The summed E-state index contributed by atoms with van der Waals surface area (Å²) in [6.45, 7) is 4.39. The van der Waals surface area contributed by atoms with Crippen molar-refractivity contribution in [1.29, 1.82) is 0 Å². The van der Waals surface area contributed by atoms with E-state index in [9.17, 15) is 22.1 Å². The summed E-state index contributed by atoms with van der Waals surface area (Å²) in [6, 6.07) is 6.30. The normalized spacial score (nSPS) is 18.5. The zero-order chi connectivity index (χ0) is 28.4. The summed E-state index contributed by atoms with van der Waals surface area (Å²) >= 11 is 1.18. The third kappa shape index (κ3) is 7.24. The van der Waals surface area contributed by atoms with Gasteiger partial charge in [-0.3, -0.25) is 4.98 Å². The molecule has 1 saturated heterocycles. The first-order chi connectivity index (χ1) is 18.4. The van der Waals surface area contributed by atoms with Gasteiger partial charge in [0, 0.05) is 19.2 Å². The minimum Gasteiger partial charge on any atom is -0.494 e. The second-order valence-electron chi connectivity index (χ2n) is 9.95. The number of nitrogens with zero attached hydrogens (tertiary/aromatic N) is 2. The topological polar surface area (TPSA) is 66.5 Å². The first-order valence-corrected chi connectivity index (χ1v) is 15.8. The summed E-state index contributed by atoms with van der Waals surface area (Å²) in [5.41, 5.74) is 1.69. The number of piperidine rings is 1. The summed E-state index contributed by atoms with van der Waals surface area (Å²) < 4.78 is 73.6. The Hall–Kier alpha value is -2.80. The predicted molar refractivity (Wildman–Crippen MR) is 151 cm³/mol. The fourth-order valence-corrected chi connectivity index (χ4v) is 6.40. The maximum Gasteiger partial charge on any atom is 0.393 e. The van der Waals surface area contributed by atoms with Crippen molar-refractivity contribution < 1.29 is 26.9 Å². The number of ether oxygens (including phenoxy) is 1. The lowest BCUT2D eigenvalue weighted by Gasteiger charge is -2.33. The number of nitrogens with one attached hydrogen (secondary N) is 2. The largest absolute Gasteiger partial charge is 0.494 e. The van der Waals surface area contributed by atoms with Gasteiger partial charge in [0.2, 0.25) is 0 Å². The molecule has 0 unspecified atom stereocenters. The lowest BCUT2D eigenvalue weighted by atomic mass is 10.0. The Bertz CT molecular complexity index is 1440. The molecule has 3 aromatic rings. The maximum atomic E-state index is 14.7. The molecule has 0 spiro atoms. The highest BCUT2D eigenvalue weighted by atomic mass is 32.1. The van der Waals surface area contributed by atoms with Gasteiger partial charge in [0.1, 0.15) is 24.5 Å². The van der Waals surface area contributed by atoms with Gasteiger partial charge in [0.15, 0.2) is 0 Å². The van der Waals surface area contributed by atoms with Crippen molar-refractivity contribution in [1.82, 2.24) is 9.88 Å². The zero-order valence-corrected chi connectivity index (χ0v) is 23.9. The molecule has 0 aliphatic carbocycles. The first kappa shape index (κ1) is 29.2. The minimum atomic E-state index is -4.41. The van der Waals surface area contributed by atoms with Crippen LogP contribution in [0.4, 0.5) is 28.9 Å². The van der Waals surface area contributed by atoms with E-state index in [4.69, 9.17) is 4.74 Å². The minimum absolute atomic E-state index is 0.115. The Morgan fingerprint density at radius 1 is 1.28 bits per heavy atom. The average Bonchev–Trinajstić information content (AvgIpc) is 3.19. The number of hydrogen-bond donors (Lipinski definition) is 2. The molecular weight excluding hydrogens is 551 g/mol. The predicted octanol–water partition coefficient (Wildman–Crippen LogP) is 5.58. The number of methoxy groups -OCH3 is 1. The molecular formula is C27H31F4N4O2PS. The van der Waals surface area contributed by atoms with Crippen LogP contribution in [-0.2, 0) is 11.0 Å². The van der Waals surface area contributed by atoms with E-state index >= 15 is 0 Å². The molecule has 39 heavy (non-hydrogen) atoms. The molecule has 0 amide bonds. The van der Waals surface area contributed by atoms with Crippen molar-refractivity contribution >= 4 is 45.4 Å². The van der Waals surface area contributed by atoms with E-state index < -0.39 is 32.0 Å². The smallest absolute Gasteiger partial charge is 0.393 e. The second-order valence-corrected chi connectivity index (χ2v) is 14.1. The maximum absolute atomic E-state index is 14.7. The lowest BCUT2D eigenvalue weighted by molar-refractivity contribution is -0.126. The quantitative estimate of drug-likeness (QED) is 0.216. The van der Waals surface area contributed by atoms with Crippen LogP contribution in [0.3, 0.4) is 0 Å². The highest BCUT2D eigenvalue weighted by Crippen LogP contribution is 2.40. The second kappa shape index (κ2) is 11.7. The molecule has 4 rings (SSSR count). The van der Waals surface area contributed by atoms with Crippen LogP contribution >= 0.6 is 18.5 Å². The molecule has 0 saturated carbocycles. The fraction of sp³-hybridized carbons (Fsp3) is 0.444. The number of likely N-dealkylation sites (tertiary alicyclic amines) is 1. The lowest BCUT2D eigenvalue weighted by Crippen LogP contribution is -2.46. The summed E-state index contributed by atoms with van der Waals surface area (Å²) in [4.78, 5) is 6.47. The summed E-state index contributed by atoms with van der Waals surface area (Å²) in [7, 11) is 0.769. The summed E-state index contributed by atoms with van der Waals surface area (Å²) in [6.07, 6.45) is -4.51. The van der Waals surface area contributed by atoms with Gasteiger partial charge in [0.05, 0.1) is 53.3 Å². The molecule has 1 aromatic carbocycles. The number of pyridine rings is 1. The molecule has 2 atom stereocenters. The van der Waals surface area contributed by atoms with Crippen molar-refractivity contribution in [2.24, 2.45) is 0 Å². The van der Waals surface area contributed by atoms with Crippen LogP contribution in [0.15, 0.2) is 30.5 Å². The molecule has 6 nitrogen and oxygen atoms in total.